The largest absolute Gasteiger partial charge is 0.352 e. The number of ether oxygens (including phenoxy) is 1. The van der Waals surface area contributed by atoms with Crippen LogP contribution in [0.5, 0.6) is 0 Å². The molecule has 1 aromatic heterocycles. The minimum absolute atomic E-state index is 0.199. The number of fused-ring (bicyclic) bond motifs is 2. The van der Waals surface area contributed by atoms with Gasteiger partial charge in [0, 0.05) is 55.0 Å². The topological polar surface area (TPSA) is 76.5 Å². The number of amides is 2. The smallest absolute Gasteiger partial charge is 0.255 e. The van der Waals surface area contributed by atoms with E-state index in [2.05, 4.69) is 10.3 Å². The molecule has 1 atom stereocenters. The van der Waals surface area contributed by atoms with Crippen LogP contribution in [0.3, 0.4) is 0 Å². The van der Waals surface area contributed by atoms with Crippen LogP contribution < -0.4 is 5.32 Å². The third kappa shape index (κ3) is 3.50. The van der Waals surface area contributed by atoms with E-state index in [1.54, 1.807) is 30.5 Å². The van der Waals surface area contributed by atoms with Gasteiger partial charge in [0.15, 0.2) is 6.10 Å². The molecule has 2 fully saturated rings. The Morgan fingerprint density at radius 3 is 2.73 bits per heavy atom. The van der Waals surface area contributed by atoms with E-state index in [4.69, 9.17) is 16.3 Å². The van der Waals surface area contributed by atoms with E-state index in [0.29, 0.717) is 43.2 Å². The molecule has 2 amide bonds. The highest BCUT2D eigenvalue weighted by molar-refractivity contribution is 6.30. The van der Waals surface area contributed by atoms with Crippen molar-refractivity contribution < 1.29 is 14.3 Å². The molecule has 3 heterocycles. The highest BCUT2D eigenvalue weighted by atomic mass is 35.5. The Kier molecular flexibility index (Phi) is 5.03. The van der Waals surface area contributed by atoms with E-state index in [1.165, 1.54) is 0 Å². The Morgan fingerprint density at radius 1 is 1.23 bits per heavy atom. The molecule has 7 nitrogen and oxygen atoms in total. The van der Waals surface area contributed by atoms with Crippen molar-refractivity contribution >= 4 is 29.1 Å². The quantitative estimate of drug-likeness (QED) is 0.814. The van der Waals surface area contributed by atoms with Crippen LogP contribution >= 0.6 is 11.6 Å². The summed E-state index contributed by atoms with van der Waals surface area (Å²) >= 11 is 6.03. The summed E-state index contributed by atoms with van der Waals surface area (Å²) in [6, 6.07) is 7.07. The number of carbonyl (C=O) groups is 2. The fraction of sp³-hybridized carbons (Fsp3) is 0.500. The van der Waals surface area contributed by atoms with Gasteiger partial charge < -0.3 is 19.5 Å². The molecule has 1 aromatic carbocycles. The predicted molar refractivity (Wildman–Crippen MR) is 112 cm³/mol. The molecule has 0 radical (unpaired) electrons. The van der Waals surface area contributed by atoms with Gasteiger partial charge in [0.05, 0.1) is 6.54 Å². The van der Waals surface area contributed by atoms with E-state index in [0.717, 1.165) is 25.1 Å². The van der Waals surface area contributed by atoms with Gasteiger partial charge in [-0.05, 0) is 31.0 Å². The van der Waals surface area contributed by atoms with Crippen molar-refractivity contribution in [2.75, 3.05) is 18.4 Å². The van der Waals surface area contributed by atoms with E-state index in [9.17, 15) is 9.59 Å². The summed E-state index contributed by atoms with van der Waals surface area (Å²) in [5, 5.41) is 3.47. The van der Waals surface area contributed by atoms with Crippen molar-refractivity contribution in [2.24, 2.45) is 5.92 Å². The number of piperidine rings is 1. The molecule has 1 spiro atoms. The zero-order valence-electron chi connectivity index (χ0n) is 16.7. The summed E-state index contributed by atoms with van der Waals surface area (Å²) in [7, 11) is 0. The van der Waals surface area contributed by atoms with Crippen LogP contribution in [0.25, 0.3) is 0 Å². The maximum absolute atomic E-state index is 13.0. The molecule has 1 aliphatic carbocycles. The summed E-state index contributed by atoms with van der Waals surface area (Å²) in [6.45, 7) is 1.67. The lowest BCUT2D eigenvalue weighted by Gasteiger charge is -2.46. The number of benzene rings is 1. The fourth-order valence-electron chi connectivity index (χ4n) is 4.67. The minimum atomic E-state index is -0.644. The monoisotopic (exact) mass is 428 g/mol. The molecule has 2 aromatic rings. The molecule has 30 heavy (non-hydrogen) atoms. The highest BCUT2D eigenvalue weighted by Gasteiger charge is 2.48. The van der Waals surface area contributed by atoms with E-state index in [1.807, 2.05) is 15.7 Å². The molecule has 1 N–H and O–H groups in total. The molecule has 158 valence electrons. The number of imidazole rings is 1. The minimum Gasteiger partial charge on any atom is -0.352 e. The molecule has 0 bridgehead atoms. The molecule has 8 heteroatoms. The van der Waals surface area contributed by atoms with Gasteiger partial charge in [-0.1, -0.05) is 24.1 Å². The summed E-state index contributed by atoms with van der Waals surface area (Å²) in [5.41, 5.74) is -0.00317. The number of halogens is 1. The van der Waals surface area contributed by atoms with Gasteiger partial charge in [0.2, 0.25) is 5.91 Å². The SMILES string of the molecule is O=C(Nc1cccc(Cl)c1)[C@H]1Cn2ccnc2C2(CCN(C(=O)C3CCC3)CC2)O1. The van der Waals surface area contributed by atoms with Gasteiger partial charge >= 0.3 is 0 Å². The number of anilines is 1. The maximum Gasteiger partial charge on any atom is 0.255 e. The molecule has 1 saturated heterocycles. The number of hydrogen-bond donors (Lipinski definition) is 1. The van der Waals surface area contributed by atoms with Crippen LogP contribution in [0.1, 0.15) is 37.9 Å². The number of rotatable bonds is 3. The molecular weight excluding hydrogens is 404 g/mol. The van der Waals surface area contributed by atoms with Crippen molar-refractivity contribution in [3.8, 4) is 0 Å². The third-order valence-electron chi connectivity index (χ3n) is 6.58. The Hall–Kier alpha value is -2.38. The second-order valence-corrected chi connectivity index (χ2v) is 8.89. The summed E-state index contributed by atoms with van der Waals surface area (Å²) in [6.07, 6.45) is 7.46. The van der Waals surface area contributed by atoms with Gasteiger partial charge in [0.1, 0.15) is 11.4 Å². The predicted octanol–water partition coefficient (Wildman–Crippen LogP) is 3.19. The van der Waals surface area contributed by atoms with Crippen LogP contribution in [0.2, 0.25) is 5.02 Å². The Bertz CT molecular complexity index is 963. The number of likely N-dealkylation sites (tertiary alicyclic amines) is 1. The number of carbonyl (C=O) groups excluding carboxylic acids is 2. The van der Waals surface area contributed by atoms with Crippen LogP contribution in [0.15, 0.2) is 36.7 Å². The van der Waals surface area contributed by atoms with Crippen molar-refractivity contribution in [2.45, 2.75) is 50.4 Å². The first-order valence-corrected chi connectivity index (χ1v) is 11.0. The van der Waals surface area contributed by atoms with E-state index < -0.39 is 11.7 Å². The number of hydrogen-bond acceptors (Lipinski definition) is 4. The van der Waals surface area contributed by atoms with Gasteiger partial charge in [0.25, 0.3) is 5.91 Å². The molecule has 2 aliphatic heterocycles. The zero-order chi connectivity index (χ0) is 20.7. The Balaban J connectivity index is 1.32. The Labute approximate surface area is 180 Å². The fourth-order valence-corrected chi connectivity index (χ4v) is 4.86. The Morgan fingerprint density at radius 2 is 2.03 bits per heavy atom. The first kappa shape index (κ1) is 19.6. The van der Waals surface area contributed by atoms with Crippen molar-refractivity contribution in [1.29, 1.82) is 0 Å². The van der Waals surface area contributed by atoms with Gasteiger partial charge in [-0.2, -0.15) is 0 Å². The second kappa shape index (κ2) is 7.71. The highest BCUT2D eigenvalue weighted by Crippen LogP contribution is 2.41. The van der Waals surface area contributed by atoms with Crippen LogP contribution in [-0.4, -0.2) is 45.5 Å². The molecule has 1 saturated carbocycles. The number of nitrogens with zero attached hydrogens (tertiary/aromatic N) is 3. The van der Waals surface area contributed by atoms with Gasteiger partial charge in [-0.3, -0.25) is 9.59 Å². The number of nitrogens with one attached hydrogen (secondary N) is 1. The lowest BCUT2D eigenvalue weighted by Crippen LogP contribution is -2.54. The molecule has 5 rings (SSSR count). The molecule has 3 aliphatic rings. The maximum atomic E-state index is 13.0. The van der Waals surface area contributed by atoms with Crippen LogP contribution in [0.4, 0.5) is 5.69 Å². The summed E-state index contributed by atoms with van der Waals surface area (Å²) in [4.78, 5) is 32.1. The lowest BCUT2D eigenvalue weighted by atomic mass is 9.82. The number of aromatic nitrogens is 2. The lowest BCUT2D eigenvalue weighted by molar-refractivity contribution is -0.174. The molecular formula is C22H25ClN4O3. The standard InChI is InChI=1S/C22H25ClN4O3/c23-16-5-2-6-17(13-16)25-19(28)18-14-27-12-9-24-21(27)22(30-18)7-10-26(11-8-22)20(29)15-3-1-4-15/h2,5-6,9,12-13,15,18H,1,3-4,7-8,10-11,14H2,(H,25,28)/t18-/m1/s1. The van der Waals surface area contributed by atoms with Gasteiger partial charge in [-0.15, -0.1) is 0 Å². The first-order chi connectivity index (χ1) is 14.5. The first-order valence-electron chi connectivity index (χ1n) is 10.6. The molecule has 0 unspecified atom stereocenters. The van der Waals surface area contributed by atoms with Gasteiger partial charge in [-0.25, -0.2) is 4.98 Å². The van der Waals surface area contributed by atoms with Crippen LogP contribution in [-0.2, 0) is 26.5 Å². The average molecular weight is 429 g/mol. The van der Waals surface area contributed by atoms with Crippen molar-refractivity contribution in [3.05, 3.63) is 47.5 Å². The van der Waals surface area contributed by atoms with Crippen LogP contribution in [0, 0.1) is 5.92 Å². The van der Waals surface area contributed by atoms with Crippen molar-refractivity contribution in [3.63, 3.8) is 0 Å². The second-order valence-electron chi connectivity index (χ2n) is 8.46. The normalized spacial score (nSPS) is 23.0. The van der Waals surface area contributed by atoms with Crippen molar-refractivity contribution in [1.82, 2.24) is 14.5 Å². The van der Waals surface area contributed by atoms with E-state index in [-0.39, 0.29) is 17.7 Å². The van der Waals surface area contributed by atoms with E-state index >= 15 is 0 Å². The summed E-state index contributed by atoms with van der Waals surface area (Å²) in [5.74, 6) is 1.11. The zero-order valence-corrected chi connectivity index (χ0v) is 17.5. The third-order valence-corrected chi connectivity index (χ3v) is 6.81. The summed E-state index contributed by atoms with van der Waals surface area (Å²) < 4.78 is 8.44. The average Bonchev–Trinajstić information content (AvgIpc) is 3.17.